The molecule has 6 aromatic rings. The van der Waals surface area contributed by atoms with E-state index in [4.69, 9.17) is 4.74 Å². The van der Waals surface area contributed by atoms with Crippen LogP contribution >= 0.6 is 0 Å². The Morgan fingerprint density at radius 1 is 0.860 bits per heavy atom. The zero-order valence-corrected chi connectivity index (χ0v) is 24.4. The van der Waals surface area contributed by atoms with E-state index in [2.05, 4.69) is 60.4 Å². The van der Waals surface area contributed by atoms with E-state index in [-0.39, 0.29) is 5.82 Å². The van der Waals surface area contributed by atoms with Gasteiger partial charge in [0.15, 0.2) is 0 Å². The van der Waals surface area contributed by atoms with Crippen molar-refractivity contribution in [1.82, 2.24) is 34.9 Å². The molecule has 218 valence electrons. The summed E-state index contributed by atoms with van der Waals surface area (Å²) in [6.45, 7) is 4.45. The van der Waals surface area contributed by atoms with Gasteiger partial charge in [0, 0.05) is 59.6 Å². The lowest BCUT2D eigenvalue weighted by Crippen LogP contribution is -2.19. The van der Waals surface area contributed by atoms with Crippen LogP contribution in [0.5, 0.6) is 5.75 Å². The van der Waals surface area contributed by atoms with Crippen molar-refractivity contribution in [2.75, 3.05) is 40.3 Å². The van der Waals surface area contributed by atoms with Gasteiger partial charge >= 0.3 is 0 Å². The summed E-state index contributed by atoms with van der Waals surface area (Å²) in [7, 11) is 3.95. The Morgan fingerprint density at radius 2 is 1.72 bits per heavy atom. The molecule has 2 N–H and O–H groups in total. The Balaban J connectivity index is 1.22. The summed E-state index contributed by atoms with van der Waals surface area (Å²) in [4.78, 5) is 17.0. The van der Waals surface area contributed by atoms with Gasteiger partial charge in [0.2, 0.25) is 0 Å². The number of hydrogen-bond donors (Lipinski definition) is 2. The van der Waals surface area contributed by atoms with Gasteiger partial charge in [-0.25, -0.2) is 4.39 Å². The number of likely N-dealkylation sites (tertiary alicyclic amines) is 1. The minimum atomic E-state index is -0.352. The number of pyridine rings is 2. The third-order valence-electron chi connectivity index (χ3n) is 8.09. The van der Waals surface area contributed by atoms with Crippen LogP contribution in [0.15, 0.2) is 73.3 Å². The fourth-order valence-electron chi connectivity index (χ4n) is 5.89. The summed E-state index contributed by atoms with van der Waals surface area (Å²) < 4.78 is 20.5. The largest absolute Gasteiger partial charge is 0.492 e. The molecule has 5 heterocycles. The number of rotatable bonds is 9. The van der Waals surface area contributed by atoms with Gasteiger partial charge in [-0.05, 0) is 93.1 Å². The molecule has 2 aromatic carbocycles. The average Bonchev–Trinajstić information content (AvgIpc) is 3.76. The van der Waals surface area contributed by atoms with Crippen molar-refractivity contribution in [2.45, 2.75) is 19.4 Å². The Morgan fingerprint density at radius 3 is 2.58 bits per heavy atom. The minimum absolute atomic E-state index is 0.352. The van der Waals surface area contributed by atoms with E-state index >= 15 is 0 Å². The minimum Gasteiger partial charge on any atom is -0.492 e. The Labute approximate surface area is 249 Å². The van der Waals surface area contributed by atoms with Gasteiger partial charge in [0.1, 0.15) is 23.9 Å². The van der Waals surface area contributed by atoms with Crippen LogP contribution in [-0.4, -0.2) is 75.3 Å². The van der Waals surface area contributed by atoms with Gasteiger partial charge < -0.3 is 14.6 Å². The van der Waals surface area contributed by atoms with Crippen LogP contribution in [0.1, 0.15) is 18.4 Å². The van der Waals surface area contributed by atoms with E-state index < -0.39 is 0 Å². The molecule has 8 nitrogen and oxygen atoms in total. The maximum absolute atomic E-state index is 14.7. The Hall–Kier alpha value is -4.60. The second kappa shape index (κ2) is 11.6. The first kappa shape index (κ1) is 27.2. The molecule has 0 amide bonds. The van der Waals surface area contributed by atoms with Crippen LogP contribution < -0.4 is 4.74 Å². The van der Waals surface area contributed by atoms with Gasteiger partial charge in [0.25, 0.3) is 0 Å². The van der Waals surface area contributed by atoms with Gasteiger partial charge in [-0.3, -0.25) is 20.0 Å². The van der Waals surface area contributed by atoms with Crippen LogP contribution in [0, 0.1) is 5.82 Å². The second-order valence-corrected chi connectivity index (χ2v) is 11.6. The zero-order valence-electron chi connectivity index (χ0n) is 24.4. The van der Waals surface area contributed by atoms with E-state index in [9.17, 15) is 4.39 Å². The van der Waals surface area contributed by atoms with E-state index in [1.807, 2.05) is 37.5 Å². The van der Waals surface area contributed by atoms with Gasteiger partial charge in [-0.2, -0.15) is 5.10 Å². The SMILES string of the molecule is CN(C)CCOc1cc(F)cc(-c2cncc3[nH]c(-c4n[nH]c5ccc(-c6cncc(CN7CCCC7)c6)cc45)cc23)c1. The Bertz CT molecular complexity index is 1900. The number of nitrogens with zero attached hydrogens (tertiary/aromatic N) is 5. The summed E-state index contributed by atoms with van der Waals surface area (Å²) in [5, 5.41) is 9.79. The molecular formula is C34H34FN7O. The first-order valence-corrected chi connectivity index (χ1v) is 14.7. The number of aromatic amines is 2. The smallest absolute Gasteiger partial charge is 0.127 e. The summed E-state index contributed by atoms with van der Waals surface area (Å²) in [5.74, 6) is 0.143. The van der Waals surface area contributed by atoms with Crippen LogP contribution in [0.4, 0.5) is 4.39 Å². The van der Waals surface area contributed by atoms with Gasteiger partial charge in [0.05, 0.1) is 22.9 Å². The lowest BCUT2D eigenvalue weighted by molar-refractivity contribution is 0.260. The third kappa shape index (κ3) is 5.74. The van der Waals surface area contributed by atoms with Crippen molar-refractivity contribution in [2.24, 2.45) is 0 Å². The maximum atomic E-state index is 14.7. The van der Waals surface area contributed by atoms with Crippen molar-refractivity contribution in [3.05, 3.63) is 84.7 Å². The normalized spacial score (nSPS) is 14.0. The summed E-state index contributed by atoms with van der Waals surface area (Å²) in [6.07, 6.45) is 9.99. The van der Waals surface area contributed by atoms with E-state index in [0.29, 0.717) is 17.9 Å². The van der Waals surface area contributed by atoms with Gasteiger partial charge in [-0.15, -0.1) is 0 Å². The first-order valence-electron chi connectivity index (χ1n) is 14.7. The molecule has 1 aliphatic heterocycles. The summed E-state index contributed by atoms with van der Waals surface area (Å²) in [6, 6.07) is 15.4. The van der Waals surface area contributed by atoms with Crippen LogP contribution in [-0.2, 0) is 6.54 Å². The predicted molar refractivity (Wildman–Crippen MR) is 168 cm³/mol. The maximum Gasteiger partial charge on any atom is 0.127 e. The molecule has 0 aliphatic carbocycles. The van der Waals surface area contributed by atoms with Crippen LogP contribution in [0.25, 0.3) is 55.4 Å². The summed E-state index contributed by atoms with van der Waals surface area (Å²) >= 11 is 0. The lowest BCUT2D eigenvalue weighted by atomic mass is 10.0. The fourth-order valence-corrected chi connectivity index (χ4v) is 5.89. The molecule has 0 saturated carbocycles. The van der Waals surface area contributed by atoms with Crippen LogP contribution in [0.3, 0.4) is 0 Å². The topological polar surface area (TPSA) is 86.0 Å². The number of hydrogen-bond acceptors (Lipinski definition) is 6. The number of aromatic nitrogens is 5. The number of likely N-dealkylation sites (N-methyl/N-ethyl adjacent to an activating group) is 1. The number of halogens is 1. The van der Waals surface area contributed by atoms with Crippen LogP contribution in [0.2, 0.25) is 0 Å². The molecule has 4 aromatic heterocycles. The summed E-state index contributed by atoms with van der Waals surface area (Å²) in [5.41, 5.74) is 8.39. The average molecular weight is 576 g/mol. The number of fused-ring (bicyclic) bond motifs is 2. The first-order chi connectivity index (χ1) is 21.0. The third-order valence-corrected chi connectivity index (χ3v) is 8.09. The molecule has 0 unspecified atom stereocenters. The molecule has 0 radical (unpaired) electrons. The molecule has 0 bridgehead atoms. The number of H-pyrrole nitrogens is 2. The molecule has 1 fully saturated rings. The molecule has 0 spiro atoms. The lowest BCUT2D eigenvalue weighted by Gasteiger charge is -2.14. The predicted octanol–water partition coefficient (Wildman–Crippen LogP) is 6.51. The molecule has 0 atom stereocenters. The van der Waals surface area contributed by atoms with E-state index in [1.54, 1.807) is 12.4 Å². The molecular weight excluding hydrogens is 541 g/mol. The quantitative estimate of drug-likeness (QED) is 0.204. The molecule has 9 heteroatoms. The van der Waals surface area contributed by atoms with Gasteiger partial charge in [-0.1, -0.05) is 6.07 Å². The van der Waals surface area contributed by atoms with Crippen molar-refractivity contribution in [3.8, 4) is 39.4 Å². The van der Waals surface area contributed by atoms with Crippen molar-refractivity contribution in [3.63, 3.8) is 0 Å². The highest BCUT2D eigenvalue weighted by Gasteiger charge is 2.17. The molecule has 1 aliphatic rings. The van der Waals surface area contributed by atoms with E-state index in [0.717, 1.165) is 76.1 Å². The highest BCUT2D eigenvalue weighted by atomic mass is 19.1. The highest BCUT2D eigenvalue weighted by Crippen LogP contribution is 2.36. The van der Waals surface area contributed by atoms with Crippen molar-refractivity contribution in [1.29, 1.82) is 0 Å². The number of benzene rings is 2. The molecule has 43 heavy (non-hydrogen) atoms. The highest BCUT2D eigenvalue weighted by molar-refractivity contribution is 6.01. The monoisotopic (exact) mass is 575 g/mol. The number of nitrogens with one attached hydrogen (secondary N) is 2. The standard InChI is InChI=1S/C34H34FN7O/c1-41(2)9-10-43-27-13-24(12-26(35)15-27)30-19-37-20-33-28(30)16-32(38-33)34-29-14-23(5-6-31(29)39-40-34)25-11-22(17-36-18-25)21-42-7-3-4-8-42/h5-6,11-20,38H,3-4,7-10,21H2,1-2H3,(H,39,40). The van der Waals surface area contributed by atoms with Crippen molar-refractivity contribution >= 4 is 21.8 Å². The molecule has 1 saturated heterocycles. The number of ether oxygens (including phenoxy) is 1. The zero-order chi connectivity index (χ0) is 29.3. The second-order valence-electron chi connectivity index (χ2n) is 11.6. The fraction of sp³-hybridized carbons (Fsp3) is 0.265. The van der Waals surface area contributed by atoms with E-state index in [1.165, 1.54) is 30.5 Å². The molecule has 7 rings (SSSR count). The Kier molecular flexibility index (Phi) is 7.34. The van der Waals surface area contributed by atoms with Crippen molar-refractivity contribution < 1.29 is 9.13 Å².